The molecule has 1 N–H and O–H groups in total. The fourth-order valence-electron chi connectivity index (χ4n) is 3.56. The van der Waals surface area contributed by atoms with Gasteiger partial charge in [0, 0.05) is 44.6 Å². The van der Waals surface area contributed by atoms with Crippen molar-refractivity contribution < 1.29 is 30.9 Å². The van der Waals surface area contributed by atoms with Crippen LogP contribution in [0.5, 0.6) is 17.4 Å². The summed E-state index contributed by atoms with van der Waals surface area (Å²) in [7, 11) is 0. The van der Waals surface area contributed by atoms with Crippen LogP contribution in [0.1, 0.15) is 50.7 Å². The Morgan fingerprint density at radius 2 is 1.61 bits per heavy atom. The molecule has 2 heterocycles. The Bertz CT molecular complexity index is 1220. The number of aromatic hydroxyl groups is 1. The number of nitrogens with zero attached hydrogens (tertiary/aromatic N) is 2. The van der Waals surface area contributed by atoms with Crippen molar-refractivity contribution in [1.82, 2.24) is 9.97 Å². The summed E-state index contributed by atoms with van der Waals surface area (Å²) in [4.78, 5) is 9.06. The van der Waals surface area contributed by atoms with Gasteiger partial charge in [-0.3, -0.25) is 4.98 Å². The molecule has 5 heteroatoms. The van der Waals surface area contributed by atoms with Crippen molar-refractivity contribution in [3.05, 3.63) is 90.1 Å². The van der Waals surface area contributed by atoms with Gasteiger partial charge in [0.15, 0.2) is 0 Å². The summed E-state index contributed by atoms with van der Waals surface area (Å²) in [5, 5.41) is 11.0. The summed E-state index contributed by atoms with van der Waals surface area (Å²) in [6, 6.07) is 24.5. The third-order valence-corrected chi connectivity index (χ3v) is 5.37. The van der Waals surface area contributed by atoms with E-state index in [1.54, 1.807) is 12.3 Å². The molecule has 0 amide bonds. The van der Waals surface area contributed by atoms with E-state index >= 15 is 0 Å². The summed E-state index contributed by atoms with van der Waals surface area (Å²) in [5.41, 5.74) is 5.18. The number of phenolic OH excluding ortho intramolecular Hbond substituents is 1. The number of hydrogen-bond donors (Lipinski definition) is 1. The Morgan fingerprint density at radius 3 is 2.30 bits per heavy atom. The molecule has 0 atom stereocenters. The molecule has 0 radical (unpaired) electrons. The minimum atomic E-state index is 0. The normalized spacial score (nSPS) is 10.8. The molecule has 33 heavy (non-hydrogen) atoms. The second-order valence-corrected chi connectivity index (χ2v) is 8.42. The van der Waals surface area contributed by atoms with Crippen molar-refractivity contribution in [2.75, 3.05) is 0 Å². The van der Waals surface area contributed by atoms with E-state index < -0.39 is 0 Å². The van der Waals surface area contributed by atoms with Gasteiger partial charge < -0.3 is 9.84 Å². The molecule has 4 rings (SSSR count). The van der Waals surface area contributed by atoms with Gasteiger partial charge in [-0.1, -0.05) is 58.0 Å². The van der Waals surface area contributed by atoms with E-state index in [9.17, 15) is 5.11 Å². The fourth-order valence-corrected chi connectivity index (χ4v) is 3.56. The van der Waals surface area contributed by atoms with E-state index in [0.717, 1.165) is 28.1 Å². The Labute approximate surface area is 210 Å². The van der Waals surface area contributed by atoms with E-state index in [2.05, 4.69) is 44.8 Å². The van der Waals surface area contributed by atoms with Crippen LogP contribution in [0, 0.1) is 6.07 Å². The van der Waals surface area contributed by atoms with Crippen LogP contribution in [0.15, 0.2) is 72.9 Å². The molecule has 4 aromatic rings. The number of rotatable bonds is 6. The first-order valence-electron chi connectivity index (χ1n) is 10.9. The van der Waals surface area contributed by atoms with Crippen molar-refractivity contribution in [3.63, 3.8) is 0 Å². The maximum atomic E-state index is 11.0. The number of phenols is 1. The van der Waals surface area contributed by atoms with Gasteiger partial charge in [0.25, 0.3) is 0 Å². The molecule has 0 spiro atoms. The molecule has 0 saturated heterocycles. The van der Waals surface area contributed by atoms with Crippen molar-refractivity contribution in [1.29, 1.82) is 0 Å². The summed E-state index contributed by atoms with van der Waals surface area (Å²) in [6.07, 6.45) is 1.69. The molecular formula is C28H27N2O2Pt-. The van der Waals surface area contributed by atoms with Gasteiger partial charge in [-0.15, -0.1) is 23.8 Å². The zero-order chi connectivity index (χ0) is 22.7. The number of benzene rings is 2. The fraction of sp³-hybridized carbons (Fsp3) is 0.214. The van der Waals surface area contributed by atoms with Gasteiger partial charge in [0.2, 0.25) is 5.88 Å². The monoisotopic (exact) mass is 618 g/mol. The molecular weight excluding hydrogens is 591 g/mol. The zero-order valence-corrected chi connectivity index (χ0v) is 21.4. The number of ether oxygens (including phenoxy) is 1. The van der Waals surface area contributed by atoms with Crippen LogP contribution in [0.2, 0.25) is 0 Å². The maximum absolute atomic E-state index is 11.0. The molecule has 0 aliphatic heterocycles. The van der Waals surface area contributed by atoms with Crippen LogP contribution in [-0.4, -0.2) is 15.1 Å². The van der Waals surface area contributed by atoms with Gasteiger partial charge in [0.1, 0.15) is 5.75 Å². The second kappa shape index (κ2) is 10.8. The van der Waals surface area contributed by atoms with Crippen LogP contribution < -0.4 is 4.74 Å². The van der Waals surface area contributed by atoms with E-state index in [0.29, 0.717) is 23.3 Å². The van der Waals surface area contributed by atoms with Crippen LogP contribution >= 0.6 is 0 Å². The van der Waals surface area contributed by atoms with Gasteiger partial charge in [-0.25, -0.2) is 4.98 Å². The summed E-state index contributed by atoms with van der Waals surface area (Å²) >= 11 is 0. The average Bonchev–Trinajstić information content (AvgIpc) is 2.80. The predicted molar refractivity (Wildman–Crippen MR) is 128 cm³/mol. The minimum absolute atomic E-state index is 0. The molecule has 0 unspecified atom stereocenters. The van der Waals surface area contributed by atoms with Gasteiger partial charge in [0.05, 0.1) is 5.69 Å². The van der Waals surface area contributed by atoms with Gasteiger partial charge in [-0.05, 0) is 46.9 Å². The quantitative estimate of drug-likeness (QED) is 0.230. The maximum Gasteiger partial charge on any atom is 0.217 e. The van der Waals surface area contributed by atoms with Crippen molar-refractivity contribution >= 4 is 0 Å². The molecule has 4 nitrogen and oxygen atoms in total. The van der Waals surface area contributed by atoms with Crippen LogP contribution in [0.4, 0.5) is 0 Å². The molecule has 2 aromatic carbocycles. The third kappa shape index (κ3) is 5.69. The summed E-state index contributed by atoms with van der Waals surface area (Å²) in [6.45, 7) is 8.50. The Hall–Kier alpha value is -2.97. The Kier molecular flexibility index (Phi) is 8.05. The average molecular weight is 619 g/mol. The van der Waals surface area contributed by atoms with Crippen molar-refractivity contribution in [2.24, 2.45) is 0 Å². The first kappa shape index (κ1) is 24.7. The molecule has 0 fully saturated rings. The zero-order valence-electron chi connectivity index (χ0n) is 19.1. The number of aromatic nitrogens is 2. The third-order valence-electron chi connectivity index (χ3n) is 5.37. The molecule has 0 saturated carbocycles. The SMILES string of the molecule is CC(C)c1cc(-c2cccc(-c3[c-]c(Oc4ccccn4)ccc3)n2)c(O)c(C(C)C)c1.[Pt]. The molecule has 172 valence electrons. The molecule has 2 aromatic heterocycles. The minimum Gasteiger partial charge on any atom is -0.507 e. The molecule has 0 aliphatic rings. The number of hydrogen-bond acceptors (Lipinski definition) is 4. The predicted octanol–water partition coefficient (Wildman–Crippen LogP) is 7.35. The number of pyridine rings is 2. The van der Waals surface area contributed by atoms with E-state index in [-0.39, 0.29) is 27.0 Å². The first-order valence-corrected chi connectivity index (χ1v) is 10.9. The van der Waals surface area contributed by atoms with Gasteiger partial charge >= 0.3 is 0 Å². The second-order valence-electron chi connectivity index (χ2n) is 8.42. The molecule has 0 aliphatic carbocycles. The van der Waals surface area contributed by atoms with Crippen molar-refractivity contribution in [3.8, 4) is 39.9 Å². The standard InChI is InChI=1S/C28H27N2O2.Pt/c1-18(2)21-16-23(19(3)4)28(31)24(17-21)26-12-8-11-25(30-26)20-9-7-10-22(15-20)32-27-13-5-6-14-29-27;/h5-14,16-19,31H,1-4H3;/q-1;. The van der Waals surface area contributed by atoms with E-state index in [4.69, 9.17) is 9.72 Å². The van der Waals surface area contributed by atoms with Crippen LogP contribution in [0.3, 0.4) is 0 Å². The largest absolute Gasteiger partial charge is 0.507 e. The van der Waals surface area contributed by atoms with Crippen molar-refractivity contribution in [2.45, 2.75) is 39.5 Å². The molecule has 0 bridgehead atoms. The first-order chi connectivity index (χ1) is 15.4. The Morgan fingerprint density at radius 1 is 0.848 bits per heavy atom. The smallest absolute Gasteiger partial charge is 0.217 e. The topological polar surface area (TPSA) is 55.2 Å². The van der Waals surface area contributed by atoms with E-state index in [1.165, 1.54) is 5.56 Å². The van der Waals surface area contributed by atoms with Gasteiger partial charge in [-0.2, -0.15) is 0 Å². The van der Waals surface area contributed by atoms with Crippen LogP contribution in [-0.2, 0) is 21.1 Å². The summed E-state index contributed by atoms with van der Waals surface area (Å²) in [5.74, 6) is 1.94. The van der Waals surface area contributed by atoms with E-state index in [1.807, 2.05) is 54.6 Å². The summed E-state index contributed by atoms with van der Waals surface area (Å²) < 4.78 is 5.82. The van der Waals surface area contributed by atoms with Crippen LogP contribution in [0.25, 0.3) is 22.5 Å². The Balaban J connectivity index is 0.00000306.